The first kappa shape index (κ1) is 13.9. The Kier molecular flexibility index (Phi) is 6.32. The monoisotopic (exact) mass is 229 g/mol. The van der Waals surface area contributed by atoms with Crippen LogP contribution in [0.2, 0.25) is 0 Å². The van der Waals surface area contributed by atoms with Crippen molar-refractivity contribution < 1.29 is 9.84 Å². The second kappa shape index (κ2) is 7.25. The van der Waals surface area contributed by atoms with Crippen molar-refractivity contribution in [3.63, 3.8) is 0 Å². The highest BCUT2D eigenvalue weighted by atomic mass is 16.5. The van der Waals surface area contributed by atoms with Gasteiger partial charge in [-0.05, 0) is 24.7 Å². The van der Waals surface area contributed by atoms with E-state index in [2.05, 4.69) is 26.1 Å². The van der Waals surface area contributed by atoms with E-state index in [1.807, 2.05) is 0 Å². The standard InChI is InChI=1S/C13H27NO2/c1-10(2)8-16-9-12(15)7-14-13-6-4-5-11(13)3/h10-15H,4-9H2,1-3H3. The van der Waals surface area contributed by atoms with Gasteiger partial charge in [-0.2, -0.15) is 0 Å². The molecule has 3 atom stereocenters. The van der Waals surface area contributed by atoms with E-state index in [0.29, 0.717) is 25.1 Å². The van der Waals surface area contributed by atoms with Crippen LogP contribution in [0, 0.1) is 11.8 Å². The number of aliphatic hydroxyl groups excluding tert-OH is 1. The average molecular weight is 229 g/mol. The average Bonchev–Trinajstić information content (AvgIpc) is 2.60. The molecule has 0 aliphatic heterocycles. The Bertz CT molecular complexity index is 185. The van der Waals surface area contributed by atoms with Crippen molar-refractivity contribution >= 4 is 0 Å². The minimum Gasteiger partial charge on any atom is -0.389 e. The van der Waals surface area contributed by atoms with Crippen molar-refractivity contribution in [2.45, 2.75) is 52.2 Å². The lowest BCUT2D eigenvalue weighted by Gasteiger charge is -2.20. The fourth-order valence-corrected chi connectivity index (χ4v) is 2.23. The third-order valence-corrected chi connectivity index (χ3v) is 3.24. The highest BCUT2D eigenvalue weighted by Gasteiger charge is 2.23. The van der Waals surface area contributed by atoms with Crippen LogP contribution in [0.5, 0.6) is 0 Å². The summed E-state index contributed by atoms with van der Waals surface area (Å²) in [5.74, 6) is 1.29. The van der Waals surface area contributed by atoms with Gasteiger partial charge in [-0.25, -0.2) is 0 Å². The van der Waals surface area contributed by atoms with E-state index in [1.54, 1.807) is 0 Å². The Morgan fingerprint density at radius 3 is 2.62 bits per heavy atom. The number of aliphatic hydroxyl groups is 1. The van der Waals surface area contributed by atoms with Gasteiger partial charge < -0.3 is 15.2 Å². The summed E-state index contributed by atoms with van der Waals surface area (Å²) in [5.41, 5.74) is 0. The maximum Gasteiger partial charge on any atom is 0.0897 e. The second-order valence-electron chi connectivity index (χ2n) is 5.51. The predicted molar refractivity (Wildman–Crippen MR) is 66.5 cm³/mol. The molecule has 1 aliphatic carbocycles. The van der Waals surface area contributed by atoms with Crippen molar-refractivity contribution in [1.29, 1.82) is 0 Å². The summed E-state index contributed by atoms with van der Waals surface area (Å²) in [7, 11) is 0. The van der Waals surface area contributed by atoms with Gasteiger partial charge in [0.1, 0.15) is 0 Å². The van der Waals surface area contributed by atoms with Gasteiger partial charge in [-0.1, -0.05) is 27.2 Å². The molecule has 1 fully saturated rings. The highest BCUT2D eigenvalue weighted by Crippen LogP contribution is 2.24. The first-order valence-electron chi connectivity index (χ1n) is 6.58. The molecule has 0 saturated heterocycles. The van der Waals surface area contributed by atoms with Gasteiger partial charge in [0, 0.05) is 19.2 Å². The molecule has 1 saturated carbocycles. The molecule has 0 aromatic rings. The highest BCUT2D eigenvalue weighted by molar-refractivity contribution is 4.80. The molecule has 96 valence electrons. The van der Waals surface area contributed by atoms with Crippen LogP contribution in [0.15, 0.2) is 0 Å². The maximum absolute atomic E-state index is 9.72. The van der Waals surface area contributed by atoms with Crippen LogP contribution in [-0.2, 0) is 4.74 Å². The molecule has 0 aromatic heterocycles. The maximum atomic E-state index is 9.72. The molecule has 1 rings (SSSR count). The zero-order valence-electron chi connectivity index (χ0n) is 10.9. The molecule has 0 spiro atoms. The SMILES string of the molecule is CC(C)COCC(O)CNC1CCCC1C. The Balaban J connectivity index is 2.03. The minimum absolute atomic E-state index is 0.369. The zero-order chi connectivity index (χ0) is 12.0. The topological polar surface area (TPSA) is 41.5 Å². The van der Waals surface area contributed by atoms with Crippen LogP contribution in [0.25, 0.3) is 0 Å². The first-order valence-corrected chi connectivity index (χ1v) is 6.58. The molecule has 0 aromatic carbocycles. The van der Waals surface area contributed by atoms with Crippen LogP contribution in [0.4, 0.5) is 0 Å². The molecule has 1 aliphatic rings. The van der Waals surface area contributed by atoms with E-state index >= 15 is 0 Å². The van der Waals surface area contributed by atoms with Crippen molar-refractivity contribution in [1.82, 2.24) is 5.32 Å². The summed E-state index contributed by atoms with van der Waals surface area (Å²) in [6.07, 6.45) is 3.52. The Hall–Kier alpha value is -0.120. The van der Waals surface area contributed by atoms with E-state index in [-0.39, 0.29) is 6.10 Å². The summed E-state index contributed by atoms with van der Waals surface area (Å²) in [6, 6.07) is 0.597. The molecule has 0 amide bonds. The Morgan fingerprint density at radius 1 is 1.31 bits per heavy atom. The van der Waals surface area contributed by atoms with E-state index in [0.717, 1.165) is 12.5 Å². The van der Waals surface area contributed by atoms with Crippen LogP contribution in [0.1, 0.15) is 40.0 Å². The summed E-state index contributed by atoms with van der Waals surface area (Å²) < 4.78 is 5.41. The number of ether oxygens (including phenoxy) is 1. The quantitative estimate of drug-likeness (QED) is 0.699. The van der Waals surface area contributed by atoms with E-state index < -0.39 is 0 Å². The lowest BCUT2D eigenvalue weighted by molar-refractivity contribution is 0.0245. The van der Waals surface area contributed by atoms with Crippen LogP contribution in [-0.4, -0.2) is 37.0 Å². The third kappa shape index (κ3) is 5.28. The van der Waals surface area contributed by atoms with Gasteiger partial charge in [0.25, 0.3) is 0 Å². The molecule has 0 radical (unpaired) electrons. The van der Waals surface area contributed by atoms with Gasteiger partial charge >= 0.3 is 0 Å². The molecular weight excluding hydrogens is 202 g/mol. The number of rotatable bonds is 7. The Morgan fingerprint density at radius 2 is 2.06 bits per heavy atom. The van der Waals surface area contributed by atoms with Gasteiger partial charge in [0.15, 0.2) is 0 Å². The number of hydrogen-bond donors (Lipinski definition) is 2. The second-order valence-corrected chi connectivity index (χ2v) is 5.51. The summed E-state index contributed by atoms with van der Waals surface area (Å²) in [5, 5.41) is 13.2. The molecule has 0 heterocycles. The van der Waals surface area contributed by atoms with Gasteiger partial charge in [0.2, 0.25) is 0 Å². The fourth-order valence-electron chi connectivity index (χ4n) is 2.23. The number of hydrogen-bond acceptors (Lipinski definition) is 3. The van der Waals surface area contributed by atoms with Crippen molar-refractivity contribution in [2.75, 3.05) is 19.8 Å². The smallest absolute Gasteiger partial charge is 0.0897 e. The van der Waals surface area contributed by atoms with Crippen LogP contribution >= 0.6 is 0 Å². The van der Waals surface area contributed by atoms with Crippen molar-refractivity contribution in [3.8, 4) is 0 Å². The van der Waals surface area contributed by atoms with E-state index in [4.69, 9.17) is 4.74 Å². The molecule has 0 bridgehead atoms. The predicted octanol–water partition coefficient (Wildman–Crippen LogP) is 1.80. The van der Waals surface area contributed by atoms with Crippen molar-refractivity contribution in [3.05, 3.63) is 0 Å². The van der Waals surface area contributed by atoms with Gasteiger partial charge in [-0.3, -0.25) is 0 Å². The fraction of sp³-hybridized carbons (Fsp3) is 1.00. The number of nitrogens with one attached hydrogen (secondary N) is 1. The molecular formula is C13H27NO2. The third-order valence-electron chi connectivity index (χ3n) is 3.24. The Labute approximate surface area is 99.6 Å². The summed E-state index contributed by atoms with van der Waals surface area (Å²) in [4.78, 5) is 0. The molecule has 3 nitrogen and oxygen atoms in total. The normalized spacial score (nSPS) is 27.6. The van der Waals surface area contributed by atoms with E-state index in [9.17, 15) is 5.11 Å². The molecule has 16 heavy (non-hydrogen) atoms. The minimum atomic E-state index is -0.369. The van der Waals surface area contributed by atoms with E-state index in [1.165, 1.54) is 19.3 Å². The summed E-state index contributed by atoms with van der Waals surface area (Å²) in [6.45, 7) is 8.36. The van der Waals surface area contributed by atoms with Crippen LogP contribution in [0.3, 0.4) is 0 Å². The lowest BCUT2D eigenvalue weighted by atomic mass is 10.1. The van der Waals surface area contributed by atoms with Gasteiger partial charge in [-0.15, -0.1) is 0 Å². The molecule has 3 heteroatoms. The first-order chi connectivity index (χ1) is 7.59. The summed E-state index contributed by atoms with van der Waals surface area (Å²) >= 11 is 0. The van der Waals surface area contributed by atoms with Crippen molar-refractivity contribution in [2.24, 2.45) is 11.8 Å². The largest absolute Gasteiger partial charge is 0.389 e. The molecule has 3 unspecified atom stereocenters. The molecule has 2 N–H and O–H groups in total. The van der Waals surface area contributed by atoms with Gasteiger partial charge in [0.05, 0.1) is 12.7 Å². The lowest BCUT2D eigenvalue weighted by Crippen LogP contribution is -2.38. The zero-order valence-corrected chi connectivity index (χ0v) is 10.9. The van der Waals surface area contributed by atoms with Crippen LogP contribution < -0.4 is 5.32 Å².